The average molecular weight is 604 g/mol. The SMILES string of the molecule is CCCCCCCCCCCCCCCC(=O)NC(CS(=O)(=O)O)C(O)CCCCCCCCCCCCCCC. The van der Waals surface area contributed by atoms with Gasteiger partial charge in [0, 0.05) is 6.42 Å². The summed E-state index contributed by atoms with van der Waals surface area (Å²) in [6.07, 6.45) is 31.8. The van der Waals surface area contributed by atoms with Crippen LogP contribution in [0.3, 0.4) is 0 Å². The number of unbranched alkanes of at least 4 members (excludes halogenated alkanes) is 24. The first-order valence-corrected chi connectivity index (χ1v) is 19.3. The van der Waals surface area contributed by atoms with Gasteiger partial charge in [0.15, 0.2) is 0 Å². The summed E-state index contributed by atoms with van der Waals surface area (Å²) in [6.45, 7) is 4.50. The highest BCUT2D eigenvalue weighted by Gasteiger charge is 2.26. The zero-order chi connectivity index (χ0) is 30.4. The van der Waals surface area contributed by atoms with E-state index < -0.39 is 28.0 Å². The molecule has 0 aromatic carbocycles. The number of hydrogen-bond donors (Lipinski definition) is 3. The molecule has 0 aliphatic heterocycles. The third-order valence-electron chi connectivity index (χ3n) is 8.31. The standard InChI is InChI=1S/C34H69NO5S/c1-3-5-7-9-11-13-15-17-19-21-23-25-27-29-33(36)32(31-41(38,39)40)35-34(37)30-28-26-24-22-20-18-16-14-12-10-8-6-4-2/h32-33,36H,3-31H2,1-2H3,(H,35,37)(H,38,39,40). The van der Waals surface area contributed by atoms with Crippen LogP contribution in [0.25, 0.3) is 0 Å². The van der Waals surface area contributed by atoms with E-state index in [1.807, 2.05) is 0 Å². The smallest absolute Gasteiger partial charge is 0.266 e. The number of hydrogen-bond acceptors (Lipinski definition) is 4. The summed E-state index contributed by atoms with van der Waals surface area (Å²) >= 11 is 0. The number of rotatable bonds is 32. The molecular formula is C34H69NO5S. The van der Waals surface area contributed by atoms with Gasteiger partial charge in [-0.1, -0.05) is 174 Å². The van der Waals surface area contributed by atoms with E-state index in [2.05, 4.69) is 19.2 Å². The first kappa shape index (κ1) is 40.3. The fraction of sp³-hybridized carbons (Fsp3) is 0.971. The van der Waals surface area contributed by atoms with E-state index in [-0.39, 0.29) is 5.91 Å². The second-order valence-electron chi connectivity index (χ2n) is 12.5. The minimum Gasteiger partial charge on any atom is -0.391 e. The molecule has 7 heteroatoms. The molecule has 0 aromatic heterocycles. The van der Waals surface area contributed by atoms with Crippen LogP contribution in [0, 0.1) is 0 Å². The third-order valence-corrected chi connectivity index (χ3v) is 9.09. The largest absolute Gasteiger partial charge is 0.391 e. The summed E-state index contributed by atoms with van der Waals surface area (Å²) < 4.78 is 32.3. The maximum Gasteiger partial charge on any atom is 0.266 e. The van der Waals surface area contributed by atoms with Crippen LogP contribution in [0.2, 0.25) is 0 Å². The van der Waals surface area contributed by atoms with Gasteiger partial charge in [-0.2, -0.15) is 8.42 Å². The van der Waals surface area contributed by atoms with Crippen LogP contribution in [0.4, 0.5) is 0 Å². The monoisotopic (exact) mass is 603 g/mol. The Hall–Kier alpha value is -0.660. The van der Waals surface area contributed by atoms with Crippen molar-refractivity contribution in [1.29, 1.82) is 0 Å². The zero-order valence-electron chi connectivity index (χ0n) is 27.2. The molecule has 246 valence electrons. The van der Waals surface area contributed by atoms with E-state index in [0.29, 0.717) is 12.8 Å². The first-order chi connectivity index (χ1) is 19.8. The lowest BCUT2D eigenvalue weighted by Crippen LogP contribution is -2.47. The van der Waals surface area contributed by atoms with Crippen molar-refractivity contribution in [2.24, 2.45) is 0 Å². The quantitative estimate of drug-likeness (QED) is 0.0524. The molecule has 0 radical (unpaired) electrons. The van der Waals surface area contributed by atoms with E-state index in [4.69, 9.17) is 0 Å². The van der Waals surface area contributed by atoms with Crippen molar-refractivity contribution >= 4 is 16.0 Å². The van der Waals surface area contributed by atoms with Crippen LogP contribution in [-0.2, 0) is 14.9 Å². The summed E-state index contributed by atoms with van der Waals surface area (Å²) in [4.78, 5) is 12.4. The van der Waals surface area contributed by atoms with Gasteiger partial charge in [-0.25, -0.2) is 0 Å². The molecule has 0 aliphatic rings. The summed E-state index contributed by atoms with van der Waals surface area (Å²) in [5.74, 6) is -0.886. The highest BCUT2D eigenvalue weighted by atomic mass is 32.2. The first-order valence-electron chi connectivity index (χ1n) is 17.7. The van der Waals surface area contributed by atoms with Gasteiger partial charge in [0.25, 0.3) is 10.1 Å². The molecule has 0 aliphatic carbocycles. The Morgan fingerprint density at radius 1 is 0.561 bits per heavy atom. The molecule has 0 heterocycles. The van der Waals surface area contributed by atoms with E-state index in [9.17, 15) is 22.9 Å². The van der Waals surface area contributed by atoms with E-state index >= 15 is 0 Å². The van der Waals surface area contributed by atoms with Crippen LogP contribution in [0.1, 0.15) is 194 Å². The predicted molar refractivity (Wildman–Crippen MR) is 175 cm³/mol. The molecule has 0 fully saturated rings. The molecule has 0 saturated heterocycles. The highest BCUT2D eigenvalue weighted by molar-refractivity contribution is 7.85. The number of nitrogens with one attached hydrogen (secondary N) is 1. The van der Waals surface area contributed by atoms with Crippen molar-refractivity contribution in [3.8, 4) is 0 Å². The van der Waals surface area contributed by atoms with Crippen LogP contribution < -0.4 is 5.32 Å². The molecule has 1 amide bonds. The van der Waals surface area contributed by atoms with Crippen molar-refractivity contribution in [2.45, 2.75) is 206 Å². The van der Waals surface area contributed by atoms with Gasteiger partial charge >= 0.3 is 0 Å². The van der Waals surface area contributed by atoms with Crippen molar-refractivity contribution < 1.29 is 22.9 Å². The lowest BCUT2D eigenvalue weighted by atomic mass is 10.0. The van der Waals surface area contributed by atoms with Gasteiger partial charge < -0.3 is 10.4 Å². The summed E-state index contributed by atoms with van der Waals surface area (Å²) in [6, 6.07) is -0.961. The highest BCUT2D eigenvalue weighted by Crippen LogP contribution is 2.16. The van der Waals surface area contributed by atoms with Gasteiger partial charge in [-0.3, -0.25) is 9.35 Å². The topological polar surface area (TPSA) is 104 Å². The van der Waals surface area contributed by atoms with Gasteiger partial charge in [0.1, 0.15) is 0 Å². The normalized spacial score (nSPS) is 13.4. The van der Waals surface area contributed by atoms with Crippen LogP contribution in [0.5, 0.6) is 0 Å². The molecule has 3 N–H and O–H groups in total. The third kappa shape index (κ3) is 30.6. The van der Waals surface area contributed by atoms with Crippen LogP contribution >= 0.6 is 0 Å². The lowest BCUT2D eigenvalue weighted by Gasteiger charge is -2.23. The minimum absolute atomic E-state index is 0.244. The van der Waals surface area contributed by atoms with Gasteiger partial charge in [-0.15, -0.1) is 0 Å². The number of carbonyl (C=O) groups is 1. The molecule has 0 aromatic rings. The Bertz CT molecular complexity index is 670. The van der Waals surface area contributed by atoms with Gasteiger partial charge in [-0.05, 0) is 12.8 Å². The van der Waals surface area contributed by atoms with Crippen molar-refractivity contribution in [3.05, 3.63) is 0 Å². The fourth-order valence-electron chi connectivity index (χ4n) is 5.63. The molecule has 6 nitrogen and oxygen atoms in total. The zero-order valence-corrected chi connectivity index (χ0v) is 28.0. The molecule has 0 saturated carbocycles. The Kier molecular flexibility index (Phi) is 28.9. The van der Waals surface area contributed by atoms with Crippen molar-refractivity contribution in [2.75, 3.05) is 5.75 Å². The maximum absolute atomic E-state index is 12.4. The fourth-order valence-corrected chi connectivity index (χ4v) is 6.39. The maximum atomic E-state index is 12.4. The number of amides is 1. The number of aliphatic hydroxyl groups excluding tert-OH is 1. The molecular weight excluding hydrogens is 534 g/mol. The van der Waals surface area contributed by atoms with E-state index in [1.54, 1.807) is 0 Å². The summed E-state index contributed by atoms with van der Waals surface area (Å²) in [5.41, 5.74) is 0. The second-order valence-corrected chi connectivity index (χ2v) is 14.0. The summed E-state index contributed by atoms with van der Waals surface area (Å²) in [7, 11) is -4.29. The van der Waals surface area contributed by atoms with Gasteiger partial charge in [0.2, 0.25) is 5.91 Å². The Balaban J connectivity index is 3.92. The minimum atomic E-state index is -4.29. The van der Waals surface area contributed by atoms with E-state index in [1.165, 1.54) is 128 Å². The van der Waals surface area contributed by atoms with E-state index in [0.717, 1.165) is 38.5 Å². The molecule has 0 spiro atoms. The molecule has 2 unspecified atom stereocenters. The van der Waals surface area contributed by atoms with Crippen molar-refractivity contribution in [3.63, 3.8) is 0 Å². The molecule has 2 atom stereocenters. The van der Waals surface area contributed by atoms with Crippen LogP contribution in [0.15, 0.2) is 0 Å². The average Bonchev–Trinajstić information content (AvgIpc) is 2.92. The summed E-state index contributed by atoms with van der Waals surface area (Å²) in [5, 5.41) is 13.3. The molecule has 0 bridgehead atoms. The Labute approximate surface area is 255 Å². The Morgan fingerprint density at radius 2 is 0.878 bits per heavy atom. The van der Waals surface area contributed by atoms with Crippen molar-refractivity contribution in [1.82, 2.24) is 5.32 Å². The van der Waals surface area contributed by atoms with Crippen LogP contribution in [-0.4, -0.2) is 41.9 Å². The molecule has 0 rings (SSSR count). The number of carbonyl (C=O) groups excluding carboxylic acids is 1. The number of aliphatic hydroxyl groups is 1. The van der Waals surface area contributed by atoms with Gasteiger partial charge in [0.05, 0.1) is 17.9 Å². The predicted octanol–water partition coefficient (Wildman–Crippen LogP) is 9.68. The lowest BCUT2D eigenvalue weighted by molar-refractivity contribution is -0.122. The second kappa shape index (κ2) is 29.4. The Morgan fingerprint density at radius 3 is 1.22 bits per heavy atom. The molecule has 41 heavy (non-hydrogen) atoms.